The maximum absolute atomic E-state index is 5.39. The first-order valence-electron chi connectivity index (χ1n) is 6.14. The molecule has 0 radical (unpaired) electrons. The van der Waals surface area contributed by atoms with Crippen LogP contribution in [0.15, 0.2) is 47.1 Å². The minimum absolute atomic E-state index is 0.167. The Labute approximate surface area is 108 Å². The molecule has 96 valence electrons. The fraction of sp³-hybridized carbons (Fsp3) is 0.333. The predicted octanol–water partition coefficient (Wildman–Crippen LogP) is 3.70. The van der Waals surface area contributed by atoms with Gasteiger partial charge in [0, 0.05) is 11.6 Å². The van der Waals surface area contributed by atoms with Crippen LogP contribution >= 0.6 is 0 Å². The first kappa shape index (κ1) is 12.7. The van der Waals surface area contributed by atoms with Crippen molar-refractivity contribution >= 4 is 0 Å². The van der Waals surface area contributed by atoms with E-state index in [-0.39, 0.29) is 12.1 Å². The van der Waals surface area contributed by atoms with Crippen LogP contribution in [0, 0.1) is 0 Å². The van der Waals surface area contributed by atoms with Crippen molar-refractivity contribution in [1.82, 2.24) is 5.32 Å². The van der Waals surface area contributed by atoms with Crippen LogP contribution in [-0.4, -0.2) is 7.11 Å². The van der Waals surface area contributed by atoms with Gasteiger partial charge in [-0.15, -0.1) is 0 Å². The first-order valence-corrected chi connectivity index (χ1v) is 6.14. The highest BCUT2D eigenvalue weighted by atomic mass is 16.5. The van der Waals surface area contributed by atoms with Crippen LogP contribution in [0.3, 0.4) is 0 Å². The lowest BCUT2D eigenvalue weighted by Gasteiger charge is -2.20. The third kappa shape index (κ3) is 2.74. The molecule has 1 heterocycles. The molecule has 0 bridgehead atoms. The van der Waals surface area contributed by atoms with Gasteiger partial charge in [-0.3, -0.25) is 0 Å². The highest BCUT2D eigenvalue weighted by molar-refractivity contribution is 5.35. The van der Waals surface area contributed by atoms with Gasteiger partial charge >= 0.3 is 0 Å². The number of hydrogen-bond acceptors (Lipinski definition) is 3. The van der Waals surface area contributed by atoms with Crippen LogP contribution in [0.25, 0.3) is 0 Å². The Kier molecular flexibility index (Phi) is 4.05. The molecule has 3 heteroatoms. The maximum Gasteiger partial charge on any atom is 0.123 e. The molecule has 1 aromatic heterocycles. The highest BCUT2D eigenvalue weighted by Gasteiger charge is 2.15. The van der Waals surface area contributed by atoms with Crippen molar-refractivity contribution in [3.8, 4) is 5.75 Å². The summed E-state index contributed by atoms with van der Waals surface area (Å²) in [7, 11) is 1.70. The van der Waals surface area contributed by atoms with Crippen molar-refractivity contribution in [2.24, 2.45) is 0 Å². The summed E-state index contributed by atoms with van der Waals surface area (Å²) in [5.74, 6) is 1.85. The highest BCUT2D eigenvalue weighted by Crippen LogP contribution is 2.26. The second-order valence-corrected chi connectivity index (χ2v) is 4.37. The van der Waals surface area contributed by atoms with E-state index in [1.807, 2.05) is 30.3 Å². The van der Waals surface area contributed by atoms with Crippen LogP contribution in [0.1, 0.15) is 37.3 Å². The van der Waals surface area contributed by atoms with E-state index in [0.717, 1.165) is 17.1 Å². The summed E-state index contributed by atoms with van der Waals surface area (Å²) in [5, 5.41) is 3.50. The number of nitrogens with one attached hydrogen (secondary N) is 1. The Balaban J connectivity index is 2.09. The Morgan fingerprint density at radius 2 is 1.83 bits per heavy atom. The van der Waals surface area contributed by atoms with E-state index in [2.05, 4.69) is 25.2 Å². The van der Waals surface area contributed by atoms with Gasteiger partial charge in [0.15, 0.2) is 0 Å². The SMILES string of the molecule is COc1ccccc1[C@@H](C)NC(C)c1ccco1. The largest absolute Gasteiger partial charge is 0.496 e. The van der Waals surface area contributed by atoms with Crippen LogP contribution in [0.5, 0.6) is 5.75 Å². The van der Waals surface area contributed by atoms with Crippen molar-refractivity contribution in [2.75, 3.05) is 7.11 Å². The van der Waals surface area contributed by atoms with Gasteiger partial charge in [0.05, 0.1) is 19.4 Å². The third-order valence-corrected chi connectivity index (χ3v) is 3.08. The molecular formula is C15H19NO2. The minimum Gasteiger partial charge on any atom is -0.496 e. The van der Waals surface area contributed by atoms with E-state index in [1.165, 1.54) is 0 Å². The second-order valence-electron chi connectivity index (χ2n) is 4.37. The molecular weight excluding hydrogens is 226 g/mol. The topological polar surface area (TPSA) is 34.4 Å². The molecule has 0 saturated carbocycles. The summed E-state index contributed by atoms with van der Waals surface area (Å²) in [6.07, 6.45) is 1.70. The molecule has 0 aliphatic heterocycles. The molecule has 1 aromatic carbocycles. The van der Waals surface area contributed by atoms with E-state index in [9.17, 15) is 0 Å². The number of furan rings is 1. The molecule has 0 aliphatic carbocycles. The van der Waals surface area contributed by atoms with Gasteiger partial charge in [-0.1, -0.05) is 18.2 Å². The van der Waals surface area contributed by atoms with Crippen molar-refractivity contribution in [2.45, 2.75) is 25.9 Å². The lowest BCUT2D eigenvalue weighted by atomic mass is 10.1. The normalized spacial score (nSPS) is 14.2. The lowest BCUT2D eigenvalue weighted by Crippen LogP contribution is -2.22. The number of methoxy groups -OCH3 is 1. The number of ether oxygens (including phenoxy) is 1. The molecule has 0 amide bonds. The first-order chi connectivity index (χ1) is 8.72. The molecule has 0 spiro atoms. The van der Waals surface area contributed by atoms with Gasteiger partial charge < -0.3 is 14.5 Å². The Hall–Kier alpha value is -1.74. The zero-order chi connectivity index (χ0) is 13.0. The van der Waals surface area contributed by atoms with Crippen molar-refractivity contribution < 1.29 is 9.15 Å². The number of hydrogen-bond donors (Lipinski definition) is 1. The molecule has 0 fully saturated rings. The summed E-state index contributed by atoms with van der Waals surface area (Å²) in [5.41, 5.74) is 1.15. The monoisotopic (exact) mass is 245 g/mol. The average molecular weight is 245 g/mol. The van der Waals surface area contributed by atoms with Gasteiger partial charge in [0.2, 0.25) is 0 Å². The fourth-order valence-electron chi connectivity index (χ4n) is 2.11. The summed E-state index contributed by atoms with van der Waals surface area (Å²) in [4.78, 5) is 0. The number of para-hydroxylation sites is 1. The molecule has 2 aromatic rings. The third-order valence-electron chi connectivity index (χ3n) is 3.08. The molecule has 0 saturated heterocycles. The zero-order valence-corrected chi connectivity index (χ0v) is 11.0. The van der Waals surface area contributed by atoms with Gasteiger partial charge in [-0.25, -0.2) is 0 Å². The Morgan fingerprint density at radius 1 is 1.06 bits per heavy atom. The van der Waals surface area contributed by atoms with Crippen LogP contribution in [-0.2, 0) is 0 Å². The molecule has 0 aliphatic rings. The molecule has 3 nitrogen and oxygen atoms in total. The Morgan fingerprint density at radius 3 is 2.50 bits per heavy atom. The van der Waals surface area contributed by atoms with E-state index < -0.39 is 0 Å². The number of benzene rings is 1. The lowest BCUT2D eigenvalue weighted by molar-refractivity contribution is 0.380. The molecule has 1 unspecified atom stereocenters. The van der Waals surface area contributed by atoms with Gasteiger partial charge in [-0.2, -0.15) is 0 Å². The predicted molar refractivity (Wildman–Crippen MR) is 71.7 cm³/mol. The van der Waals surface area contributed by atoms with Crippen LogP contribution < -0.4 is 10.1 Å². The quantitative estimate of drug-likeness (QED) is 0.872. The molecule has 2 atom stereocenters. The van der Waals surface area contributed by atoms with E-state index in [1.54, 1.807) is 13.4 Å². The van der Waals surface area contributed by atoms with E-state index in [0.29, 0.717) is 0 Å². The van der Waals surface area contributed by atoms with Crippen LogP contribution in [0.4, 0.5) is 0 Å². The standard InChI is InChI=1S/C15H19NO2/c1-11(13-7-4-5-8-15(13)17-3)16-12(2)14-9-6-10-18-14/h4-12,16H,1-3H3/t11-,12?/m1/s1. The second kappa shape index (κ2) is 5.74. The molecule has 18 heavy (non-hydrogen) atoms. The number of rotatable bonds is 5. The van der Waals surface area contributed by atoms with Gasteiger partial charge in [-0.05, 0) is 32.0 Å². The van der Waals surface area contributed by atoms with E-state index >= 15 is 0 Å². The summed E-state index contributed by atoms with van der Waals surface area (Å²) >= 11 is 0. The fourth-order valence-corrected chi connectivity index (χ4v) is 2.11. The smallest absolute Gasteiger partial charge is 0.123 e. The summed E-state index contributed by atoms with van der Waals surface area (Å²) in [6.45, 7) is 4.21. The zero-order valence-electron chi connectivity index (χ0n) is 11.0. The minimum atomic E-state index is 0.167. The van der Waals surface area contributed by atoms with Crippen LogP contribution in [0.2, 0.25) is 0 Å². The summed E-state index contributed by atoms with van der Waals surface area (Å²) in [6, 6.07) is 12.3. The van der Waals surface area contributed by atoms with E-state index in [4.69, 9.17) is 9.15 Å². The van der Waals surface area contributed by atoms with Crippen molar-refractivity contribution in [3.63, 3.8) is 0 Å². The molecule has 1 N–H and O–H groups in total. The Bertz CT molecular complexity index is 479. The van der Waals surface area contributed by atoms with Crippen molar-refractivity contribution in [1.29, 1.82) is 0 Å². The van der Waals surface area contributed by atoms with Crippen molar-refractivity contribution in [3.05, 3.63) is 54.0 Å². The molecule has 2 rings (SSSR count). The maximum atomic E-state index is 5.39. The van der Waals surface area contributed by atoms with Gasteiger partial charge in [0.25, 0.3) is 0 Å². The summed E-state index contributed by atoms with van der Waals surface area (Å²) < 4.78 is 10.8. The van der Waals surface area contributed by atoms with Gasteiger partial charge in [0.1, 0.15) is 11.5 Å². The average Bonchev–Trinajstić information content (AvgIpc) is 2.92.